The van der Waals surface area contributed by atoms with Crippen molar-refractivity contribution in [1.82, 2.24) is 9.97 Å². The van der Waals surface area contributed by atoms with Crippen molar-refractivity contribution in [1.29, 1.82) is 0 Å². The molecule has 0 amide bonds. The zero-order chi connectivity index (χ0) is 12.3. The Morgan fingerprint density at radius 2 is 2.24 bits per heavy atom. The number of hydrogen-bond acceptors (Lipinski definition) is 4. The minimum Gasteiger partial charge on any atom is -0.480 e. The molecule has 1 aliphatic rings. The Balaban J connectivity index is 2.08. The van der Waals surface area contributed by atoms with Gasteiger partial charge in [-0.05, 0) is 18.9 Å². The molecular formula is C12H17N3O2. The number of rotatable bonds is 4. The highest BCUT2D eigenvalue weighted by Gasteiger charge is 2.20. The topological polar surface area (TPSA) is 89.1 Å². The third-order valence-corrected chi connectivity index (χ3v) is 3.22. The van der Waals surface area contributed by atoms with Crippen LogP contribution < -0.4 is 5.73 Å². The Bertz CT molecular complexity index is 402. The number of carbonyl (C=O) groups is 1. The maximum Gasteiger partial charge on any atom is 0.320 e. The van der Waals surface area contributed by atoms with Crippen molar-refractivity contribution in [3.8, 4) is 0 Å². The molecule has 1 aromatic rings. The Kier molecular flexibility index (Phi) is 3.68. The van der Waals surface area contributed by atoms with Gasteiger partial charge < -0.3 is 10.8 Å². The van der Waals surface area contributed by atoms with Crippen molar-refractivity contribution in [3.05, 3.63) is 23.8 Å². The number of aromatic nitrogens is 2. The van der Waals surface area contributed by atoms with Crippen LogP contribution in [0.2, 0.25) is 0 Å². The van der Waals surface area contributed by atoms with Gasteiger partial charge in [-0.15, -0.1) is 0 Å². The molecule has 1 aromatic heterocycles. The molecule has 0 radical (unpaired) electrons. The normalized spacial score (nSPS) is 18.2. The number of aliphatic carboxylic acids is 1. The van der Waals surface area contributed by atoms with Crippen LogP contribution in [-0.2, 0) is 11.2 Å². The van der Waals surface area contributed by atoms with E-state index in [-0.39, 0.29) is 6.42 Å². The van der Waals surface area contributed by atoms with Crippen molar-refractivity contribution in [2.24, 2.45) is 5.73 Å². The highest BCUT2D eigenvalue weighted by Crippen LogP contribution is 2.32. The minimum atomic E-state index is -1.01. The van der Waals surface area contributed by atoms with Crippen molar-refractivity contribution in [3.63, 3.8) is 0 Å². The summed E-state index contributed by atoms with van der Waals surface area (Å²) in [6, 6.07) is 1.00. The predicted molar refractivity (Wildman–Crippen MR) is 62.6 cm³/mol. The van der Waals surface area contributed by atoms with E-state index in [9.17, 15) is 4.79 Å². The summed E-state index contributed by atoms with van der Waals surface area (Å²) >= 11 is 0. The summed E-state index contributed by atoms with van der Waals surface area (Å²) in [6.07, 6.45) is 6.72. The van der Waals surface area contributed by atoms with Crippen LogP contribution >= 0.6 is 0 Å². The van der Waals surface area contributed by atoms with E-state index >= 15 is 0 Å². The summed E-state index contributed by atoms with van der Waals surface area (Å²) in [6.45, 7) is 0. The lowest BCUT2D eigenvalue weighted by Crippen LogP contribution is -2.33. The van der Waals surface area contributed by atoms with Crippen molar-refractivity contribution in [2.45, 2.75) is 44.1 Å². The van der Waals surface area contributed by atoms with Gasteiger partial charge in [-0.2, -0.15) is 0 Å². The Hall–Kier alpha value is -1.49. The first kappa shape index (κ1) is 12.0. The van der Waals surface area contributed by atoms with E-state index in [2.05, 4.69) is 9.97 Å². The van der Waals surface area contributed by atoms with E-state index in [1.807, 2.05) is 6.07 Å². The second-order valence-electron chi connectivity index (χ2n) is 4.53. The van der Waals surface area contributed by atoms with E-state index in [0.29, 0.717) is 11.7 Å². The Morgan fingerprint density at radius 3 is 2.88 bits per heavy atom. The highest BCUT2D eigenvalue weighted by molar-refractivity contribution is 5.73. The number of carboxylic acids is 1. The summed E-state index contributed by atoms with van der Waals surface area (Å²) < 4.78 is 0. The molecule has 1 atom stereocenters. The maximum absolute atomic E-state index is 10.7. The van der Waals surface area contributed by atoms with E-state index in [0.717, 1.165) is 5.69 Å². The molecule has 2 rings (SSSR count). The summed E-state index contributed by atoms with van der Waals surface area (Å²) in [5.41, 5.74) is 6.50. The van der Waals surface area contributed by atoms with Gasteiger partial charge in [-0.25, -0.2) is 9.97 Å². The summed E-state index contributed by atoms with van der Waals surface area (Å²) in [5, 5.41) is 8.74. The van der Waals surface area contributed by atoms with Crippen LogP contribution in [-0.4, -0.2) is 27.1 Å². The van der Waals surface area contributed by atoms with Crippen LogP contribution in [0.5, 0.6) is 0 Å². The fourth-order valence-corrected chi connectivity index (χ4v) is 2.25. The molecule has 0 bridgehead atoms. The van der Waals surface area contributed by atoms with Gasteiger partial charge in [-0.3, -0.25) is 4.79 Å². The Labute approximate surface area is 100 Å². The van der Waals surface area contributed by atoms with Crippen LogP contribution in [0.1, 0.15) is 43.1 Å². The molecule has 0 saturated heterocycles. The average Bonchev–Trinajstić information content (AvgIpc) is 2.82. The van der Waals surface area contributed by atoms with E-state index in [1.165, 1.54) is 25.7 Å². The smallest absolute Gasteiger partial charge is 0.320 e. The molecule has 0 aromatic carbocycles. The fourth-order valence-electron chi connectivity index (χ4n) is 2.25. The van der Waals surface area contributed by atoms with Crippen LogP contribution in [0.15, 0.2) is 12.3 Å². The molecule has 5 heteroatoms. The standard InChI is InChI=1S/C12H17N3O2/c13-9(12(16)17)7-11-14-6-5-10(15-11)8-3-1-2-4-8/h5-6,8-9H,1-4,7,13H2,(H,16,17). The molecule has 1 unspecified atom stereocenters. The highest BCUT2D eigenvalue weighted by atomic mass is 16.4. The third-order valence-electron chi connectivity index (χ3n) is 3.22. The lowest BCUT2D eigenvalue weighted by Gasteiger charge is -2.10. The van der Waals surface area contributed by atoms with Crippen molar-refractivity contribution < 1.29 is 9.90 Å². The number of hydrogen-bond donors (Lipinski definition) is 2. The summed E-state index contributed by atoms with van der Waals surface area (Å²) in [5.74, 6) is 0.0296. The monoisotopic (exact) mass is 235 g/mol. The zero-order valence-corrected chi connectivity index (χ0v) is 9.67. The predicted octanol–water partition coefficient (Wildman–Crippen LogP) is 1.09. The van der Waals surface area contributed by atoms with E-state index < -0.39 is 12.0 Å². The molecular weight excluding hydrogens is 218 g/mol. The molecule has 92 valence electrons. The number of nitrogens with zero attached hydrogens (tertiary/aromatic N) is 2. The maximum atomic E-state index is 10.7. The molecule has 17 heavy (non-hydrogen) atoms. The van der Waals surface area contributed by atoms with Crippen molar-refractivity contribution >= 4 is 5.97 Å². The molecule has 0 spiro atoms. The van der Waals surface area contributed by atoms with Gasteiger partial charge in [0.15, 0.2) is 0 Å². The quantitative estimate of drug-likeness (QED) is 0.815. The molecule has 1 heterocycles. The fraction of sp³-hybridized carbons (Fsp3) is 0.583. The van der Waals surface area contributed by atoms with Gasteiger partial charge in [0.1, 0.15) is 11.9 Å². The lowest BCUT2D eigenvalue weighted by molar-refractivity contribution is -0.138. The summed E-state index contributed by atoms with van der Waals surface area (Å²) in [7, 11) is 0. The molecule has 1 aliphatic carbocycles. The van der Waals surface area contributed by atoms with E-state index in [1.54, 1.807) is 6.20 Å². The van der Waals surface area contributed by atoms with Gasteiger partial charge in [0.25, 0.3) is 0 Å². The largest absolute Gasteiger partial charge is 0.480 e. The van der Waals surface area contributed by atoms with Gasteiger partial charge in [0, 0.05) is 24.2 Å². The molecule has 0 aliphatic heterocycles. The first-order valence-electron chi connectivity index (χ1n) is 5.97. The van der Waals surface area contributed by atoms with Gasteiger partial charge in [-0.1, -0.05) is 12.8 Å². The average molecular weight is 235 g/mol. The zero-order valence-electron chi connectivity index (χ0n) is 9.67. The first-order valence-corrected chi connectivity index (χ1v) is 5.97. The van der Waals surface area contributed by atoms with Gasteiger partial charge in [0.05, 0.1) is 0 Å². The van der Waals surface area contributed by atoms with Crippen LogP contribution in [0.4, 0.5) is 0 Å². The third kappa shape index (κ3) is 3.00. The van der Waals surface area contributed by atoms with Crippen LogP contribution in [0.3, 0.4) is 0 Å². The lowest BCUT2D eigenvalue weighted by atomic mass is 10.0. The Morgan fingerprint density at radius 1 is 1.53 bits per heavy atom. The SMILES string of the molecule is NC(Cc1nccc(C2CCCC2)n1)C(=O)O. The minimum absolute atomic E-state index is 0.190. The van der Waals surface area contributed by atoms with E-state index in [4.69, 9.17) is 10.8 Å². The van der Waals surface area contributed by atoms with Crippen LogP contribution in [0, 0.1) is 0 Å². The molecule has 3 N–H and O–H groups in total. The second kappa shape index (κ2) is 5.23. The van der Waals surface area contributed by atoms with Crippen LogP contribution in [0.25, 0.3) is 0 Å². The first-order chi connectivity index (χ1) is 8.16. The van der Waals surface area contributed by atoms with Gasteiger partial charge >= 0.3 is 5.97 Å². The van der Waals surface area contributed by atoms with Crippen molar-refractivity contribution in [2.75, 3.05) is 0 Å². The number of nitrogens with two attached hydrogens (primary N) is 1. The summed E-state index contributed by atoms with van der Waals surface area (Å²) in [4.78, 5) is 19.2. The molecule has 1 saturated carbocycles. The molecule has 1 fully saturated rings. The second-order valence-corrected chi connectivity index (χ2v) is 4.53. The number of carboxylic acid groups (broad SMARTS) is 1. The van der Waals surface area contributed by atoms with Gasteiger partial charge in [0.2, 0.25) is 0 Å². The molecule has 5 nitrogen and oxygen atoms in total.